The molecule has 1 amide bonds. The van der Waals surface area contributed by atoms with Crippen LogP contribution in [0.2, 0.25) is 5.02 Å². The maximum absolute atomic E-state index is 13.2. The molecule has 0 spiro atoms. The van der Waals surface area contributed by atoms with Crippen LogP contribution in [0.4, 0.5) is 4.39 Å². The van der Waals surface area contributed by atoms with Gasteiger partial charge in [0.15, 0.2) is 0 Å². The maximum atomic E-state index is 13.2. The van der Waals surface area contributed by atoms with E-state index >= 15 is 0 Å². The topological polar surface area (TPSA) is 67.8 Å². The molecule has 0 saturated carbocycles. The highest BCUT2D eigenvalue weighted by Crippen LogP contribution is 2.15. The monoisotopic (exact) mass is 396 g/mol. The molecule has 0 radical (unpaired) electrons. The van der Waals surface area contributed by atoms with Crippen LogP contribution in [0.15, 0.2) is 77.9 Å². The smallest absolute Gasteiger partial charge is 0.343 e. The summed E-state index contributed by atoms with van der Waals surface area (Å²) in [6.45, 7) is 0. The van der Waals surface area contributed by atoms with Gasteiger partial charge in [-0.15, -0.1) is 0 Å². The van der Waals surface area contributed by atoms with Crippen molar-refractivity contribution >= 4 is 29.7 Å². The SMILES string of the molecule is O=C(N/N=C\c1cccc(OC(=O)c2cccc(F)c2)c1)c1cccc(Cl)c1. The van der Waals surface area contributed by atoms with E-state index in [9.17, 15) is 14.0 Å². The summed E-state index contributed by atoms with van der Waals surface area (Å²) in [7, 11) is 0. The number of benzene rings is 3. The van der Waals surface area contributed by atoms with Gasteiger partial charge in [-0.1, -0.05) is 35.9 Å². The Morgan fingerprint density at radius 2 is 1.71 bits per heavy atom. The van der Waals surface area contributed by atoms with Crippen molar-refractivity contribution in [1.82, 2.24) is 5.43 Å². The number of hydrazone groups is 1. The molecule has 0 aromatic heterocycles. The zero-order valence-corrected chi connectivity index (χ0v) is 15.2. The van der Waals surface area contributed by atoms with Crippen LogP contribution in [-0.4, -0.2) is 18.1 Å². The lowest BCUT2D eigenvalue weighted by molar-refractivity contribution is 0.0734. The van der Waals surface area contributed by atoms with Gasteiger partial charge in [0.1, 0.15) is 11.6 Å². The van der Waals surface area contributed by atoms with E-state index in [4.69, 9.17) is 16.3 Å². The minimum Gasteiger partial charge on any atom is -0.423 e. The second-order valence-corrected chi connectivity index (χ2v) is 6.12. The molecule has 3 aromatic rings. The largest absolute Gasteiger partial charge is 0.423 e. The molecule has 0 unspecified atom stereocenters. The second-order valence-electron chi connectivity index (χ2n) is 5.68. The first-order valence-electron chi connectivity index (χ1n) is 8.18. The van der Waals surface area contributed by atoms with Gasteiger partial charge in [-0.05, 0) is 54.1 Å². The van der Waals surface area contributed by atoms with Gasteiger partial charge >= 0.3 is 5.97 Å². The molecule has 3 rings (SSSR count). The summed E-state index contributed by atoms with van der Waals surface area (Å²) in [6.07, 6.45) is 1.40. The summed E-state index contributed by atoms with van der Waals surface area (Å²) < 4.78 is 18.4. The molecular weight excluding hydrogens is 383 g/mol. The Morgan fingerprint density at radius 3 is 2.50 bits per heavy atom. The van der Waals surface area contributed by atoms with Crippen LogP contribution in [0.3, 0.4) is 0 Å². The highest BCUT2D eigenvalue weighted by molar-refractivity contribution is 6.30. The van der Waals surface area contributed by atoms with Crippen LogP contribution in [0, 0.1) is 5.82 Å². The molecular formula is C21H14ClFN2O3. The number of halogens is 2. The van der Waals surface area contributed by atoms with E-state index in [1.807, 2.05) is 0 Å². The number of nitrogens with one attached hydrogen (secondary N) is 1. The third kappa shape index (κ3) is 5.25. The fraction of sp³-hybridized carbons (Fsp3) is 0. The predicted molar refractivity (Wildman–Crippen MR) is 104 cm³/mol. The normalized spacial score (nSPS) is 10.6. The molecule has 0 aliphatic carbocycles. The van der Waals surface area contributed by atoms with Crippen LogP contribution in [0.1, 0.15) is 26.3 Å². The van der Waals surface area contributed by atoms with Gasteiger partial charge in [-0.2, -0.15) is 5.10 Å². The summed E-state index contributed by atoms with van der Waals surface area (Å²) in [4.78, 5) is 24.1. The fourth-order valence-corrected chi connectivity index (χ4v) is 2.49. The molecule has 7 heteroatoms. The number of amides is 1. The summed E-state index contributed by atoms with van der Waals surface area (Å²) in [5.74, 6) is -1.35. The van der Waals surface area contributed by atoms with Crippen molar-refractivity contribution in [3.05, 3.63) is 100 Å². The third-order valence-corrected chi connectivity index (χ3v) is 3.83. The number of carbonyl (C=O) groups is 2. The van der Waals surface area contributed by atoms with Gasteiger partial charge in [-0.25, -0.2) is 14.6 Å². The van der Waals surface area contributed by atoms with Gasteiger partial charge in [-0.3, -0.25) is 4.79 Å². The van der Waals surface area contributed by atoms with E-state index in [1.54, 1.807) is 42.5 Å². The Morgan fingerprint density at radius 1 is 0.964 bits per heavy atom. The predicted octanol–water partition coefficient (Wildman–Crippen LogP) is 4.46. The van der Waals surface area contributed by atoms with E-state index in [0.717, 1.165) is 6.07 Å². The van der Waals surface area contributed by atoms with E-state index < -0.39 is 17.7 Å². The van der Waals surface area contributed by atoms with Crippen LogP contribution < -0.4 is 10.2 Å². The molecule has 0 atom stereocenters. The molecule has 0 heterocycles. The molecule has 0 aliphatic heterocycles. The number of hydrogen-bond acceptors (Lipinski definition) is 4. The summed E-state index contributed by atoms with van der Waals surface area (Å²) in [5, 5.41) is 4.33. The third-order valence-electron chi connectivity index (χ3n) is 3.60. The minimum atomic E-state index is -0.678. The van der Waals surface area contributed by atoms with Crippen LogP contribution in [0.25, 0.3) is 0 Å². The first-order valence-corrected chi connectivity index (χ1v) is 8.56. The highest BCUT2D eigenvalue weighted by Gasteiger charge is 2.09. The van der Waals surface area contributed by atoms with Gasteiger partial charge in [0.25, 0.3) is 5.91 Å². The van der Waals surface area contributed by atoms with Crippen molar-refractivity contribution in [2.75, 3.05) is 0 Å². The first kappa shape index (κ1) is 19.3. The second kappa shape index (κ2) is 8.92. The summed E-state index contributed by atoms with van der Waals surface area (Å²) in [5.41, 5.74) is 3.46. The minimum absolute atomic E-state index is 0.104. The fourth-order valence-electron chi connectivity index (χ4n) is 2.30. The Bertz CT molecular complexity index is 1050. The van der Waals surface area contributed by atoms with Crippen molar-refractivity contribution in [3.63, 3.8) is 0 Å². The van der Waals surface area contributed by atoms with Gasteiger partial charge in [0.05, 0.1) is 11.8 Å². The van der Waals surface area contributed by atoms with Crippen molar-refractivity contribution in [2.24, 2.45) is 5.10 Å². The molecule has 3 aromatic carbocycles. The lowest BCUT2D eigenvalue weighted by Gasteiger charge is -2.05. The summed E-state index contributed by atoms with van der Waals surface area (Å²) in [6, 6.07) is 18.2. The lowest BCUT2D eigenvalue weighted by atomic mass is 10.2. The number of nitrogens with zero attached hydrogens (tertiary/aromatic N) is 1. The Balaban J connectivity index is 1.63. The van der Waals surface area contributed by atoms with Gasteiger partial charge < -0.3 is 4.74 Å². The van der Waals surface area contributed by atoms with Crippen molar-refractivity contribution < 1.29 is 18.7 Å². The van der Waals surface area contributed by atoms with Crippen molar-refractivity contribution in [1.29, 1.82) is 0 Å². The van der Waals surface area contributed by atoms with E-state index in [1.165, 1.54) is 30.5 Å². The number of carbonyl (C=O) groups excluding carboxylic acids is 2. The zero-order valence-electron chi connectivity index (χ0n) is 14.4. The van der Waals surface area contributed by atoms with Crippen molar-refractivity contribution in [3.8, 4) is 5.75 Å². The van der Waals surface area contributed by atoms with Crippen LogP contribution in [0.5, 0.6) is 5.75 Å². The molecule has 0 fully saturated rings. The average molecular weight is 397 g/mol. The zero-order chi connectivity index (χ0) is 19.9. The van der Waals surface area contributed by atoms with Gasteiger partial charge in [0.2, 0.25) is 0 Å². The summed E-state index contributed by atoms with van der Waals surface area (Å²) >= 11 is 5.85. The quantitative estimate of drug-likeness (QED) is 0.299. The molecule has 140 valence electrons. The van der Waals surface area contributed by atoms with E-state index in [0.29, 0.717) is 16.1 Å². The molecule has 0 bridgehead atoms. The number of rotatable bonds is 5. The standard InChI is InChI=1S/C21H14ClFN2O3/c22-17-7-2-5-15(11-17)20(26)25-24-13-14-4-1-9-19(10-14)28-21(27)16-6-3-8-18(23)12-16/h1-13H,(H,25,26)/b24-13-. The average Bonchev–Trinajstić information content (AvgIpc) is 2.68. The first-order chi connectivity index (χ1) is 13.5. The molecule has 28 heavy (non-hydrogen) atoms. The molecule has 0 saturated heterocycles. The molecule has 5 nitrogen and oxygen atoms in total. The molecule has 1 N–H and O–H groups in total. The Kier molecular flexibility index (Phi) is 6.14. The number of ether oxygens (including phenoxy) is 1. The lowest BCUT2D eigenvalue weighted by Crippen LogP contribution is -2.17. The Hall–Kier alpha value is -3.51. The van der Waals surface area contributed by atoms with E-state index in [2.05, 4.69) is 10.5 Å². The van der Waals surface area contributed by atoms with Crippen LogP contribution in [-0.2, 0) is 0 Å². The van der Waals surface area contributed by atoms with Crippen molar-refractivity contribution in [2.45, 2.75) is 0 Å². The maximum Gasteiger partial charge on any atom is 0.343 e. The molecule has 0 aliphatic rings. The Labute approximate surface area is 165 Å². The van der Waals surface area contributed by atoms with Gasteiger partial charge in [0, 0.05) is 10.6 Å². The number of esters is 1. The van der Waals surface area contributed by atoms with Crippen LogP contribution >= 0.6 is 11.6 Å². The number of hydrogen-bond donors (Lipinski definition) is 1. The highest BCUT2D eigenvalue weighted by atomic mass is 35.5. The van der Waals surface area contributed by atoms with E-state index in [-0.39, 0.29) is 11.3 Å².